The van der Waals surface area contributed by atoms with Crippen molar-refractivity contribution in [2.75, 3.05) is 4.90 Å². The highest BCUT2D eigenvalue weighted by Gasteiger charge is 2.42. The number of anilines is 1. The molecule has 1 aliphatic heterocycles. The second-order valence-electron chi connectivity index (χ2n) is 5.87. The van der Waals surface area contributed by atoms with Gasteiger partial charge in [-0.15, -0.1) is 0 Å². The molecule has 0 radical (unpaired) electrons. The summed E-state index contributed by atoms with van der Waals surface area (Å²) in [6.45, 7) is 6.94. The smallest absolute Gasteiger partial charge is 0.273 e. The topological polar surface area (TPSA) is 110 Å². The first-order valence-corrected chi connectivity index (χ1v) is 6.63. The molecule has 2 rings (SSSR count). The molecule has 0 fully saturated rings. The van der Waals surface area contributed by atoms with Gasteiger partial charge in [-0.1, -0.05) is 37.5 Å². The lowest BCUT2D eigenvalue weighted by molar-refractivity contribution is -0.115. The lowest BCUT2D eigenvalue weighted by Crippen LogP contribution is -2.37. The van der Waals surface area contributed by atoms with Gasteiger partial charge in [0.25, 0.3) is 11.8 Å². The van der Waals surface area contributed by atoms with Crippen molar-refractivity contribution in [3.63, 3.8) is 0 Å². The number of aromatic nitrogens is 1. The number of primary amides is 1. The van der Waals surface area contributed by atoms with Crippen molar-refractivity contribution in [3.05, 3.63) is 21.9 Å². The fourth-order valence-corrected chi connectivity index (χ4v) is 2.27. The number of aliphatic hydroxyl groups is 1. The quantitative estimate of drug-likeness (QED) is 0.853. The van der Waals surface area contributed by atoms with Crippen LogP contribution < -0.4 is 10.6 Å². The van der Waals surface area contributed by atoms with Crippen LogP contribution in [-0.4, -0.2) is 28.3 Å². The van der Waals surface area contributed by atoms with Gasteiger partial charge in [0.1, 0.15) is 10.6 Å². The molecule has 1 aliphatic rings. The number of nitrogens with two attached hydrogens (primary N) is 1. The highest BCUT2D eigenvalue weighted by atomic mass is 35.5. The van der Waals surface area contributed by atoms with E-state index in [1.807, 2.05) is 20.8 Å². The third-order valence-electron chi connectivity index (χ3n) is 3.21. The summed E-state index contributed by atoms with van der Waals surface area (Å²) in [5.74, 6) is -1.33. The third-order valence-corrected chi connectivity index (χ3v) is 3.67. The summed E-state index contributed by atoms with van der Waals surface area (Å²) >= 11 is 5.84. The number of carbonyl (C=O) groups excluding carboxylic acids is 2. The summed E-state index contributed by atoms with van der Waals surface area (Å²) in [7, 11) is 0. The number of hydrogen-bond acceptors (Lipinski definition) is 5. The highest BCUT2D eigenvalue weighted by Crippen LogP contribution is 2.37. The molecule has 8 heteroatoms. The van der Waals surface area contributed by atoms with E-state index >= 15 is 0 Å². The van der Waals surface area contributed by atoms with Crippen LogP contribution in [0.4, 0.5) is 5.82 Å². The molecule has 2 amide bonds. The summed E-state index contributed by atoms with van der Waals surface area (Å²) in [5, 5.41) is 13.7. The van der Waals surface area contributed by atoms with Crippen molar-refractivity contribution < 1.29 is 19.2 Å². The van der Waals surface area contributed by atoms with Crippen molar-refractivity contribution in [3.8, 4) is 0 Å². The zero-order valence-corrected chi connectivity index (χ0v) is 12.9. The van der Waals surface area contributed by atoms with Gasteiger partial charge in [-0.25, -0.2) is 0 Å². The molecule has 1 aromatic heterocycles. The Morgan fingerprint density at radius 2 is 2.05 bits per heavy atom. The first kappa shape index (κ1) is 15.5. The average Bonchev–Trinajstić information content (AvgIpc) is 2.87. The largest absolute Gasteiger partial charge is 0.369 e. The maximum Gasteiger partial charge on any atom is 0.273 e. The Kier molecular flexibility index (Phi) is 3.59. The maximum atomic E-state index is 12.1. The molecule has 21 heavy (non-hydrogen) atoms. The minimum absolute atomic E-state index is 0.0333. The summed E-state index contributed by atoms with van der Waals surface area (Å²) < 4.78 is 5.18. The maximum absolute atomic E-state index is 12.1. The normalized spacial score (nSPS) is 19.6. The summed E-state index contributed by atoms with van der Waals surface area (Å²) in [6.07, 6.45) is -1.30. The summed E-state index contributed by atoms with van der Waals surface area (Å²) in [4.78, 5) is 24.7. The van der Waals surface area contributed by atoms with E-state index in [1.165, 1.54) is 6.92 Å². The molecule has 0 saturated heterocycles. The summed E-state index contributed by atoms with van der Waals surface area (Å²) in [6, 6.07) is 0. The van der Waals surface area contributed by atoms with Gasteiger partial charge in [-0.2, -0.15) is 0 Å². The molecule has 1 unspecified atom stereocenters. The molecule has 7 nitrogen and oxygen atoms in total. The Bertz CT molecular complexity index is 657. The van der Waals surface area contributed by atoms with E-state index in [2.05, 4.69) is 5.16 Å². The number of amides is 2. The van der Waals surface area contributed by atoms with Crippen LogP contribution in [-0.2, 0) is 10.2 Å². The molecule has 0 spiro atoms. The molecule has 2 heterocycles. The van der Waals surface area contributed by atoms with Gasteiger partial charge in [-0.05, 0) is 6.92 Å². The van der Waals surface area contributed by atoms with Gasteiger partial charge >= 0.3 is 0 Å². The third kappa shape index (κ3) is 2.32. The molecule has 0 bridgehead atoms. The molecule has 1 atom stereocenters. The molecular formula is C13H16ClN3O4. The SMILES string of the molecule is CC1=C(Cl)C(=O)N(c2noc(C(C)(C)C)c2C(N)=O)C1O. The zero-order valence-electron chi connectivity index (χ0n) is 12.1. The minimum atomic E-state index is -1.30. The number of hydrogen-bond donors (Lipinski definition) is 2. The first-order valence-electron chi connectivity index (χ1n) is 6.25. The van der Waals surface area contributed by atoms with Crippen molar-refractivity contribution >= 4 is 29.2 Å². The molecule has 0 aromatic carbocycles. The van der Waals surface area contributed by atoms with Crippen LogP contribution in [0.2, 0.25) is 0 Å². The van der Waals surface area contributed by atoms with Crippen LogP contribution in [0.15, 0.2) is 15.1 Å². The molecule has 1 aromatic rings. The van der Waals surface area contributed by atoms with Gasteiger partial charge < -0.3 is 15.4 Å². The highest BCUT2D eigenvalue weighted by molar-refractivity contribution is 6.45. The zero-order chi connectivity index (χ0) is 16.1. The lowest BCUT2D eigenvalue weighted by atomic mass is 9.90. The first-order chi connectivity index (χ1) is 9.57. The predicted molar refractivity (Wildman–Crippen MR) is 75.8 cm³/mol. The van der Waals surface area contributed by atoms with Gasteiger partial charge in [0, 0.05) is 11.0 Å². The summed E-state index contributed by atoms with van der Waals surface area (Å²) in [5.41, 5.74) is 5.08. The Balaban J connectivity index is 2.60. The second kappa shape index (κ2) is 4.85. The lowest BCUT2D eigenvalue weighted by Gasteiger charge is -2.20. The Morgan fingerprint density at radius 3 is 2.43 bits per heavy atom. The van der Waals surface area contributed by atoms with Gasteiger partial charge in [0.2, 0.25) is 0 Å². The van der Waals surface area contributed by atoms with Crippen LogP contribution in [0.25, 0.3) is 0 Å². The Morgan fingerprint density at radius 1 is 1.48 bits per heavy atom. The van der Waals surface area contributed by atoms with Gasteiger partial charge in [-0.3, -0.25) is 14.5 Å². The van der Waals surface area contributed by atoms with Crippen LogP contribution in [0.3, 0.4) is 0 Å². The van der Waals surface area contributed by atoms with Gasteiger partial charge in [0.15, 0.2) is 17.8 Å². The van der Waals surface area contributed by atoms with E-state index in [-0.39, 0.29) is 27.7 Å². The number of rotatable bonds is 2. The fraction of sp³-hybridized carbons (Fsp3) is 0.462. The number of carbonyl (C=O) groups is 2. The standard InChI is InChI=1S/C13H16ClN3O4/c1-5-7(14)12(20)17(11(5)19)10-6(9(15)18)8(21-16-10)13(2,3)4/h11,19H,1-4H3,(H2,15,18). The second-order valence-corrected chi connectivity index (χ2v) is 6.25. The van der Waals surface area contributed by atoms with Crippen LogP contribution in [0.5, 0.6) is 0 Å². The average molecular weight is 314 g/mol. The Labute approximate surface area is 126 Å². The number of aliphatic hydroxyl groups excluding tert-OH is 1. The number of halogens is 1. The molecule has 114 valence electrons. The molecule has 0 aliphatic carbocycles. The molecule has 0 saturated carbocycles. The van der Waals surface area contributed by atoms with Crippen molar-refractivity contribution in [2.45, 2.75) is 39.3 Å². The van der Waals surface area contributed by atoms with E-state index in [9.17, 15) is 14.7 Å². The van der Waals surface area contributed by atoms with Gasteiger partial charge in [0.05, 0.1) is 0 Å². The van der Waals surface area contributed by atoms with Crippen molar-refractivity contribution in [1.29, 1.82) is 0 Å². The molecule has 3 N–H and O–H groups in total. The fourth-order valence-electron chi connectivity index (χ4n) is 2.08. The Hall–Kier alpha value is -1.86. The molecular weight excluding hydrogens is 298 g/mol. The van der Waals surface area contributed by atoms with Crippen LogP contribution >= 0.6 is 11.6 Å². The van der Waals surface area contributed by atoms with Crippen molar-refractivity contribution in [1.82, 2.24) is 5.16 Å². The van der Waals surface area contributed by atoms with E-state index in [0.29, 0.717) is 0 Å². The van der Waals surface area contributed by atoms with E-state index in [1.54, 1.807) is 0 Å². The van der Waals surface area contributed by atoms with Crippen LogP contribution in [0.1, 0.15) is 43.8 Å². The minimum Gasteiger partial charge on any atom is -0.369 e. The van der Waals surface area contributed by atoms with E-state index < -0.39 is 23.5 Å². The number of nitrogens with zero attached hydrogens (tertiary/aromatic N) is 2. The van der Waals surface area contributed by atoms with E-state index in [0.717, 1.165) is 4.90 Å². The monoisotopic (exact) mass is 313 g/mol. The predicted octanol–water partition coefficient (Wildman–Crippen LogP) is 1.25. The van der Waals surface area contributed by atoms with E-state index in [4.69, 9.17) is 21.9 Å². The van der Waals surface area contributed by atoms with Crippen molar-refractivity contribution in [2.24, 2.45) is 5.73 Å². The van der Waals surface area contributed by atoms with Crippen LogP contribution in [0, 0.1) is 0 Å².